The van der Waals surface area contributed by atoms with Gasteiger partial charge in [-0.25, -0.2) is 18.8 Å². The highest BCUT2D eigenvalue weighted by Gasteiger charge is 2.50. The number of ether oxygens (including phenoxy) is 3. The molecule has 1 aliphatic heterocycles. The Morgan fingerprint density at radius 1 is 0.830 bits per heavy atom. The number of benzene rings is 3. The van der Waals surface area contributed by atoms with Crippen LogP contribution in [0.4, 0.5) is 4.39 Å². The molecular weight excluding hydrogens is 623 g/mol. The van der Waals surface area contributed by atoms with Crippen molar-refractivity contribution in [2.24, 2.45) is 0 Å². The number of carbonyl (C=O) groups excluding carboxylic acids is 3. The number of aromatic nitrogens is 2. The number of rotatable bonds is 7. The maximum atomic E-state index is 16.5. The van der Waals surface area contributed by atoms with Crippen LogP contribution in [-0.2, 0) is 14.2 Å². The molecule has 10 nitrogen and oxygen atoms in total. The van der Waals surface area contributed by atoms with Gasteiger partial charge in [0.2, 0.25) is 0 Å². The van der Waals surface area contributed by atoms with Crippen LogP contribution in [0.1, 0.15) is 42.9 Å². The van der Waals surface area contributed by atoms with Gasteiger partial charge in [-0.2, -0.15) is 4.57 Å². The second kappa shape index (κ2) is 13.9. The van der Waals surface area contributed by atoms with Crippen molar-refractivity contribution in [3.63, 3.8) is 0 Å². The predicted molar refractivity (Wildman–Crippen MR) is 173 cm³/mol. The molecular formula is C35H31FN2O8Si. The maximum absolute atomic E-state index is 16.5. The van der Waals surface area contributed by atoms with Crippen LogP contribution < -0.4 is 11.2 Å². The number of alkyl halides is 1. The van der Waals surface area contributed by atoms with Crippen LogP contribution in [0, 0.1) is 11.5 Å². The molecule has 0 spiro atoms. The van der Waals surface area contributed by atoms with Gasteiger partial charge < -0.3 is 14.2 Å². The summed E-state index contributed by atoms with van der Waals surface area (Å²) in [7, 11) is -2.06. The molecule has 0 radical (unpaired) electrons. The third-order valence-corrected chi connectivity index (χ3v) is 7.97. The van der Waals surface area contributed by atoms with Crippen LogP contribution in [0.25, 0.3) is 0 Å². The summed E-state index contributed by atoms with van der Waals surface area (Å²) in [5.41, 5.74) is 1.03. The van der Waals surface area contributed by atoms with E-state index in [4.69, 9.17) is 14.2 Å². The van der Waals surface area contributed by atoms with Gasteiger partial charge in [-0.3, -0.25) is 14.2 Å². The van der Waals surface area contributed by atoms with Crippen molar-refractivity contribution in [1.82, 2.24) is 9.13 Å². The van der Waals surface area contributed by atoms with E-state index in [-0.39, 0.29) is 22.3 Å². The first-order chi connectivity index (χ1) is 22.4. The fourth-order valence-electron chi connectivity index (χ4n) is 4.76. The molecule has 4 aromatic rings. The van der Waals surface area contributed by atoms with Crippen LogP contribution >= 0.6 is 0 Å². The van der Waals surface area contributed by atoms with Gasteiger partial charge >= 0.3 is 17.6 Å². The summed E-state index contributed by atoms with van der Waals surface area (Å²) >= 11 is 0. The SMILES string of the molecule is C[Si](C)(C)C#Cc1cn([C@@H]2O[C@H](COC(=O)c3ccccc3)[C@@H](OC(=O)c3ccccc3)[C@@H]2F)c(=O)n(C(=O)c2ccccc2)c1=O. The van der Waals surface area contributed by atoms with E-state index < -0.39 is 68.4 Å². The van der Waals surface area contributed by atoms with Crippen molar-refractivity contribution < 1.29 is 33.0 Å². The molecule has 0 bridgehead atoms. The average molecular weight is 655 g/mol. The van der Waals surface area contributed by atoms with E-state index in [1.54, 1.807) is 54.6 Å². The summed E-state index contributed by atoms with van der Waals surface area (Å²) in [6.07, 6.45) is -5.97. The zero-order valence-electron chi connectivity index (χ0n) is 25.8. The van der Waals surface area contributed by atoms with E-state index in [1.165, 1.54) is 36.4 Å². The Balaban J connectivity index is 1.56. The largest absolute Gasteiger partial charge is 0.459 e. The number of hydrogen-bond acceptors (Lipinski definition) is 8. The van der Waals surface area contributed by atoms with Crippen LogP contribution in [0.15, 0.2) is 107 Å². The van der Waals surface area contributed by atoms with Crippen LogP contribution in [-0.4, -0.2) is 60.0 Å². The minimum atomic E-state index is -2.20. The van der Waals surface area contributed by atoms with E-state index in [0.29, 0.717) is 4.57 Å². The minimum absolute atomic E-state index is 0.0399. The van der Waals surface area contributed by atoms with Crippen LogP contribution in [0.5, 0.6) is 0 Å². The summed E-state index contributed by atoms with van der Waals surface area (Å²) in [6, 6.07) is 23.6. The Kier molecular flexibility index (Phi) is 9.79. The molecule has 1 aromatic heterocycles. The number of nitrogens with zero attached hydrogens (tertiary/aromatic N) is 2. The summed E-state index contributed by atoms with van der Waals surface area (Å²) < 4.78 is 34.4. The van der Waals surface area contributed by atoms with Gasteiger partial charge in [0.25, 0.3) is 11.5 Å². The highest BCUT2D eigenvalue weighted by atomic mass is 28.3. The maximum Gasteiger partial charge on any atom is 0.340 e. The molecule has 5 rings (SSSR count). The lowest BCUT2D eigenvalue weighted by Crippen LogP contribution is -2.47. The third kappa shape index (κ3) is 7.54. The summed E-state index contributed by atoms with van der Waals surface area (Å²) in [5.74, 6) is 0.222. The Hall–Kier alpha value is -5.38. The lowest BCUT2D eigenvalue weighted by Gasteiger charge is -2.20. The first kappa shape index (κ1) is 33.0. The monoisotopic (exact) mass is 654 g/mol. The quantitative estimate of drug-likeness (QED) is 0.165. The smallest absolute Gasteiger partial charge is 0.340 e. The molecule has 12 heteroatoms. The van der Waals surface area contributed by atoms with Crippen molar-refractivity contribution >= 4 is 25.9 Å². The van der Waals surface area contributed by atoms with Gasteiger partial charge in [0.1, 0.15) is 26.3 Å². The second-order valence-electron chi connectivity index (χ2n) is 11.8. The van der Waals surface area contributed by atoms with Gasteiger partial charge in [-0.05, 0) is 36.4 Å². The van der Waals surface area contributed by atoms with Crippen molar-refractivity contribution in [3.8, 4) is 11.5 Å². The summed E-state index contributed by atoms with van der Waals surface area (Å²) in [4.78, 5) is 66.5. The first-order valence-electron chi connectivity index (χ1n) is 14.7. The predicted octanol–water partition coefficient (Wildman–Crippen LogP) is 4.25. The highest BCUT2D eigenvalue weighted by molar-refractivity contribution is 6.83. The Morgan fingerprint density at radius 3 is 1.91 bits per heavy atom. The normalized spacial score (nSPS) is 18.9. The highest BCUT2D eigenvalue weighted by Crippen LogP contribution is 2.34. The molecule has 4 atom stereocenters. The molecule has 0 amide bonds. The number of hydrogen-bond donors (Lipinski definition) is 0. The molecule has 0 saturated carbocycles. The van der Waals surface area contributed by atoms with Gasteiger partial charge in [-0.1, -0.05) is 80.2 Å². The molecule has 0 aliphatic carbocycles. The standard InChI is InChI=1S/C35H31FN2O8Si/c1-47(2,3)20-19-26-21-37(35(43)38(31(26)40)30(39)23-13-7-4-8-14-23)32-28(36)29(46-34(42)25-17-11-6-12-18-25)27(45-32)22-44-33(41)24-15-9-5-10-16-24/h4-18,21,27-29,32H,22H2,1-3H3/t27-,28+,29-,32-/m1/s1. The first-order valence-corrected chi connectivity index (χ1v) is 18.2. The molecule has 47 heavy (non-hydrogen) atoms. The average Bonchev–Trinajstić information content (AvgIpc) is 3.37. The van der Waals surface area contributed by atoms with Crippen LogP contribution in [0.2, 0.25) is 19.6 Å². The molecule has 0 unspecified atom stereocenters. The fraction of sp³-hybridized carbons (Fsp3) is 0.229. The molecule has 0 N–H and O–H groups in total. The van der Waals surface area contributed by atoms with Crippen molar-refractivity contribution in [2.75, 3.05) is 6.61 Å². The van der Waals surface area contributed by atoms with E-state index in [9.17, 15) is 24.0 Å². The summed E-state index contributed by atoms with van der Waals surface area (Å²) in [6.45, 7) is 5.27. The van der Waals surface area contributed by atoms with Crippen molar-refractivity contribution in [2.45, 2.75) is 44.2 Å². The van der Waals surface area contributed by atoms with Gasteiger partial charge in [0, 0.05) is 11.8 Å². The molecule has 3 aromatic carbocycles. The molecule has 1 fully saturated rings. The van der Waals surface area contributed by atoms with E-state index >= 15 is 4.39 Å². The van der Waals surface area contributed by atoms with Crippen LogP contribution in [0.3, 0.4) is 0 Å². The Morgan fingerprint density at radius 2 is 1.36 bits per heavy atom. The molecule has 2 heterocycles. The van der Waals surface area contributed by atoms with E-state index in [0.717, 1.165) is 10.8 Å². The number of carbonyl (C=O) groups is 3. The Bertz CT molecular complexity index is 1960. The fourth-order valence-corrected chi connectivity index (χ4v) is 5.27. The molecule has 240 valence electrons. The summed E-state index contributed by atoms with van der Waals surface area (Å²) in [5, 5.41) is 0. The number of esters is 2. The van der Waals surface area contributed by atoms with Crippen molar-refractivity contribution in [3.05, 3.63) is 140 Å². The zero-order chi connectivity index (χ0) is 33.7. The molecule has 1 aliphatic rings. The lowest BCUT2D eigenvalue weighted by atomic mass is 10.1. The zero-order valence-corrected chi connectivity index (χ0v) is 26.8. The molecule has 1 saturated heterocycles. The van der Waals surface area contributed by atoms with E-state index in [2.05, 4.69) is 11.5 Å². The topological polar surface area (TPSA) is 123 Å². The number of halogens is 1. The lowest BCUT2D eigenvalue weighted by molar-refractivity contribution is -0.0594. The minimum Gasteiger partial charge on any atom is -0.459 e. The Labute approximate surface area is 270 Å². The van der Waals surface area contributed by atoms with E-state index in [1.807, 2.05) is 19.6 Å². The van der Waals surface area contributed by atoms with Crippen molar-refractivity contribution in [1.29, 1.82) is 0 Å². The van der Waals surface area contributed by atoms with Gasteiger partial charge in [0.05, 0.1) is 11.1 Å². The second-order valence-corrected chi connectivity index (χ2v) is 16.5. The van der Waals surface area contributed by atoms with Gasteiger partial charge in [-0.15, -0.1) is 5.54 Å². The third-order valence-electron chi connectivity index (χ3n) is 7.09. The van der Waals surface area contributed by atoms with Gasteiger partial charge in [0.15, 0.2) is 18.5 Å².